The third kappa shape index (κ3) is 5.57. The van der Waals surface area contributed by atoms with Gasteiger partial charge in [-0.15, -0.1) is 0 Å². The van der Waals surface area contributed by atoms with E-state index in [1.54, 1.807) is 0 Å². The summed E-state index contributed by atoms with van der Waals surface area (Å²) in [4.78, 5) is 13.3. The van der Waals surface area contributed by atoms with Gasteiger partial charge in [-0.25, -0.2) is 0 Å². The van der Waals surface area contributed by atoms with Crippen molar-refractivity contribution in [3.63, 3.8) is 0 Å². The normalized spacial score (nSPS) is 14.9. The summed E-state index contributed by atoms with van der Waals surface area (Å²) in [5.74, 6) is -0.369. The van der Waals surface area contributed by atoms with Crippen LogP contribution in [0.4, 0.5) is 0 Å². The summed E-state index contributed by atoms with van der Waals surface area (Å²) in [7, 11) is -2.87. The van der Waals surface area contributed by atoms with Crippen LogP contribution >= 0.6 is 0 Å². The molecule has 4 heteroatoms. The van der Waals surface area contributed by atoms with E-state index in [0.29, 0.717) is 6.42 Å². The minimum atomic E-state index is -2.87. The third-order valence-electron chi connectivity index (χ3n) is 6.72. The van der Waals surface area contributed by atoms with E-state index >= 15 is 0 Å². The largest absolute Gasteiger partial charge is 0.400 e. The first-order chi connectivity index (χ1) is 16.2. The van der Waals surface area contributed by atoms with Crippen LogP contribution in [-0.4, -0.2) is 25.3 Å². The Hall–Kier alpha value is -2.53. The van der Waals surface area contributed by atoms with Gasteiger partial charge in [0.15, 0.2) is 0 Å². The Bertz CT molecular complexity index is 989. The number of rotatable bonds is 10. The molecule has 3 aromatic carbocycles. The average Bonchev–Trinajstić information content (AvgIpc) is 2.85. The number of ketones is 1. The first-order valence-corrected chi connectivity index (χ1v) is 14.2. The lowest BCUT2D eigenvalue weighted by molar-refractivity contribution is -0.127. The van der Waals surface area contributed by atoms with Crippen molar-refractivity contribution in [3.8, 4) is 0 Å². The number of aliphatic hydroxyl groups is 1. The molecule has 0 amide bonds. The number of hydrogen-bond acceptors (Lipinski definition) is 3. The van der Waals surface area contributed by atoms with Crippen molar-refractivity contribution < 1.29 is 14.3 Å². The number of aliphatic hydroxyl groups excluding tert-OH is 1. The Balaban J connectivity index is 2.20. The van der Waals surface area contributed by atoms with E-state index in [-0.39, 0.29) is 17.2 Å². The van der Waals surface area contributed by atoms with Gasteiger partial charge in [0, 0.05) is 12.3 Å². The van der Waals surface area contributed by atoms with Crippen LogP contribution in [0.25, 0.3) is 0 Å². The smallest absolute Gasteiger partial charge is 0.261 e. The number of carbonyl (C=O) groups excluding carboxylic acids is 1. The van der Waals surface area contributed by atoms with E-state index in [1.165, 1.54) is 10.4 Å². The summed E-state index contributed by atoms with van der Waals surface area (Å²) < 4.78 is 7.40. The molecule has 0 aliphatic heterocycles. The van der Waals surface area contributed by atoms with Crippen molar-refractivity contribution in [2.24, 2.45) is 5.92 Å². The molecule has 3 rings (SSSR count). The van der Waals surface area contributed by atoms with Gasteiger partial charge in [-0.2, -0.15) is 0 Å². The van der Waals surface area contributed by atoms with E-state index < -0.39 is 26.4 Å². The summed E-state index contributed by atoms with van der Waals surface area (Å²) in [5, 5.41) is 12.4. The van der Waals surface area contributed by atoms with Crippen molar-refractivity contribution in [2.75, 3.05) is 0 Å². The highest BCUT2D eigenvalue weighted by Gasteiger charge is 2.52. The van der Waals surface area contributed by atoms with E-state index in [1.807, 2.05) is 56.3 Å². The molecule has 0 fully saturated rings. The van der Waals surface area contributed by atoms with Gasteiger partial charge in [-0.1, -0.05) is 126 Å². The van der Waals surface area contributed by atoms with Gasteiger partial charge in [-0.3, -0.25) is 4.79 Å². The SMILES string of the molecule is CC[C@H](O)CC(=O)[C@@H](C)C(O[Si](c1ccccc1)(c1ccccc1)C(C)(C)C)c1ccccc1. The van der Waals surface area contributed by atoms with Crippen LogP contribution in [0.1, 0.15) is 59.1 Å². The molecule has 0 aliphatic carbocycles. The molecule has 3 atom stereocenters. The molecule has 0 heterocycles. The molecule has 1 N–H and O–H groups in total. The quantitative estimate of drug-likeness (QED) is 0.385. The standard InChI is InChI=1S/C30H38O3Si/c1-6-25(31)22-28(32)23(2)29(24-16-10-7-11-17-24)33-34(30(3,4)5,26-18-12-8-13-19-26)27-20-14-9-15-21-27/h7-21,23,25,29,31H,6,22H2,1-5H3/t23-,25+,29?/m1/s1. The highest BCUT2D eigenvalue weighted by Crippen LogP contribution is 2.42. The van der Waals surface area contributed by atoms with Crippen molar-refractivity contribution in [1.82, 2.24) is 0 Å². The monoisotopic (exact) mass is 474 g/mol. The van der Waals surface area contributed by atoms with Crippen LogP contribution < -0.4 is 10.4 Å². The zero-order chi connectivity index (χ0) is 24.8. The molecular weight excluding hydrogens is 436 g/mol. The fourth-order valence-electron chi connectivity index (χ4n) is 4.71. The van der Waals surface area contributed by atoms with Crippen molar-refractivity contribution in [3.05, 3.63) is 96.6 Å². The van der Waals surface area contributed by atoms with Crippen LogP contribution in [0.15, 0.2) is 91.0 Å². The summed E-state index contributed by atoms with van der Waals surface area (Å²) in [6.45, 7) is 10.6. The Morgan fingerprint density at radius 3 is 1.71 bits per heavy atom. The average molecular weight is 475 g/mol. The summed E-state index contributed by atoms with van der Waals surface area (Å²) in [6.07, 6.45) is -0.349. The van der Waals surface area contributed by atoms with Gasteiger partial charge in [0.1, 0.15) is 5.78 Å². The lowest BCUT2D eigenvalue weighted by atomic mass is 9.91. The predicted molar refractivity (Wildman–Crippen MR) is 143 cm³/mol. The minimum Gasteiger partial charge on any atom is -0.400 e. The van der Waals surface area contributed by atoms with Gasteiger partial charge < -0.3 is 9.53 Å². The molecule has 0 aromatic heterocycles. The van der Waals surface area contributed by atoms with Gasteiger partial charge >= 0.3 is 0 Å². The van der Waals surface area contributed by atoms with Gasteiger partial charge in [0.05, 0.1) is 12.2 Å². The first-order valence-electron chi connectivity index (χ1n) is 12.2. The second kappa shape index (κ2) is 11.3. The van der Waals surface area contributed by atoms with Crippen LogP contribution in [0.3, 0.4) is 0 Å². The lowest BCUT2D eigenvalue weighted by Gasteiger charge is -2.46. The molecule has 3 aromatic rings. The molecule has 1 unspecified atom stereocenters. The molecule has 0 bridgehead atoms. The lowest BCUT2D eigenvalue weighted by Crippen LogP contribution is -2.67. The Kier molecular flexibility index (Phi) is 8.64. The fraction of sp³-hybridized carbons (Fsp3) is 0.367. The first kappa shape index (κ1) is 26.1. The maximum Gasteiger partial charge on any atom is 0.261 e. The molecule has 34 heavy (non-hydrogen) atoms. The van der Waals surface area contributed by atoms with Crippen molar-refractivity contribution in [1.29, 1.82) is 0 Å². The van der Waals surface area contributed by atoms with E-state index in [4.69, 9.17) is 4.43 Å². The summed E-state index contributed by atoms with van der Waals surface area (Å²) in [5.41, 5.74) is 0.988. The van der Waals surface area contributed by atoms with Crippen molar-refractivity contribution >= 4 is 24.5 Å². The van der Waals surface area contributed by atoms with Gasteiger partial charge in [0.25, 0.3) is 8.32 Å². The maximum absolute atomic E-state index is 13.3. The van der Waals surface area contributed by atoms with Crippen LogP contribution in [0.5, 0.6) is 0 Å². The zero-order valence-electron chi connectivity index (χ0n) is 21.1. The predicted octanol–water partition coefficient (Wildman–Crippen LogP) is 5.67. The number of Topliss-reactive ketones (excluding diaryl/α,β-unsaturated/α-hetero) is 1. The Morgan fingerprint density at radius 2 is 1.29 bits per heavy atom. The molecule has 0 saturated carbocycles. The van der Waals surface area contributed by atoms with E-state index in [2.05, 4.69) is 69.3 Å². The Labute approximate surface area is 205 Å². The van der Waals surface area contributed by atoms with Gasteiger partial charge in [-0.05, 0) is 27.4 Å². The van der Waals surface area contributed by atoms with Crippen LogP contribution in [0.2, 0.25) is 5.04 Å². The molecule has 0 aliphatic rings. The highest BCUT2D eigenvalue weighted by molar-refractivity contribution is 6.99. The molecule has 0 saturated heterocycles. The number of hydrogen-bond donors (Lipinski definition) is 1. The van der Waals surface area contributed by atoms with Gasteiger partial charge in [0.2, 0.25) is 0 Å². The van der Waals surface area contributed by atoms with Crippen LogP contribution in [-0.2, 0) is 9.22 Å². The topological polar surface area (TPSA) is 46.5 Å². The number of carbonyl (C=O) groups is 1. The fourth-order valence-corrected chi connectivity index (χ4v) is 9.45. The number of benzene rings is 3. The van der Waals surface area contributed by atoms with Crippen molar-refractivity contribution in [2.45, 2.75) is 64.7 Å². The molecule has 0 spiro atoms. The molecule has 180 valence electrons. The van der Waals surface area contributed by atoms with E-state index in [0.717, 1.165) is 5.56 Å². The summed E-state index contributed by atoms with van der Waals surface area (Å²) >= 11 is 0. The molecule has 0 radical (unpaired) electrons. The minimum absolute atomic E-state index is 0.0288. The molecule has 3 nitrogen and oxygen atoms in total. The maximum atomic E-state index is 13.3. The summed E-state index contributed by atoms with van der Waals surface area (Å²) in [6, 6.07) is 31.1. The van der Waals surface area contributed by atoms with Crippen LogP contribution in [0, 0.1) is 5.92 Å². The third-order valence-corrected chi connectivity index (χ3v) is 11.7. The highest BCUT2D eigenvalue weighted by atomic mass is 28.4. The second-order valence-electron chi connectivity index (χ2n) is 10.1. The zero-order valence-corrected chi connectivity index (χ0v) is 22.1. The molecular formula is C30H38O3Si. The van der Waals surface area contributed by atoms with E-state index in [9.17, 15) is 9.90 Å². The second-order valence-corrected chi connectivity index (χ2v) is 14.4. The Morgan fingerprint density at radius 1 is 0.853 bits per heavy atom.